The van der Waals surface area contributed by atoms with E-state index in [-0.39, 0.29) is 22.3 Å². The van der Waals surface area contributed by atoms with Crippen molar-refractivity contribution in [3.05, 3.63) is 45.8 Å². The number of nitrogens with one attached hydrogen (secondary N) is 2. The third-order valence-electron chi connectivity index (χ3n) is 6.00. The summed E-state index contributed by atoms with van der Waals surface area (Å²) < 4.78 is 26.9. The minimum Gasteiger partial charge on any atom is -0.355 e. The van der Waals surface area contributed by atoms with Crippen LogP contribution in [0.15, 0.2) is 29.2 Å². The molecular formula is C22H26N4O5S2. The van der Waals surface area contributed by atoms with Gasteiger partial charge in [0.15, 0.2) is 0 Å². The lowest BCUT2D eigenvalue weighted by molar-refractivity contribution is -0.129. The highest BCUT2D eigenvalue weighted by Gasteiger charge is 2.30. The van der Waals surface area contributed by atoms with Crippen molar-refractivity contribution in [1.29, 1.82) is 0 Å². The lowest BCUT2D eigenvalue weighted by Crippen LogP contribution is -2.34. The lowest BCUT2D eigenvalue weighted by Gasteiger charge is -2.25. The molecule has 176 valence electrons. The fourth-order valence-electron chi connectivity index (χ4n) is 4.16. The molecule has 2 aliphatic rings. The maximum Gasteiger partial charge on any atom is 0.256 e. The van der Waals surface area contributed by atoms with Gasteiger partial charge in [0.25, 0.3) is 11.8 Å². The van der Waals surface area contributed by atoms with Crippen LogP contribution in [0.25, 0.3) is 0 Å². The van der Waals surface area contributed by atoms with E-state index in [1.165, 1.54) is 53.9 Å². The number of benzene rings is 1. The van der Waals surface area contributed by atoms with Crippen molar-refractivity contribution in [2.45, 2.75) is 37.6 Å². The van der Waals surface area contributed by atoms with Crippen molar-refractivity contribution in [3.8, 4) is 0 Å². The lowest BCUT2D eigenvalue weighted by atomic mass is 10.0. The first-order valence-electron chi connectivity index (χ1n) is 10.8. The molecule has 2 aliphatic heterocycles. The van der Waals surface area contributed by atoms with Crippen LogP contribution in [-0.2, 0) is 27.8 Å². The zero-order chi connectivity index (χ0) is 23.8. The number of fused-ring (bicyclic) bond motifs is 1. The Bertz CT molecular complexity index is 1200. The van der Waals surface area contributed by atoms with E-state index in [2.05, 4.69) is 10.6 Å². The third kappa shape index (κ3) is 4.53. The summed E-state index contributed by atoms with van der Waals surface area (Å²) in [6.45, 7) is 3.45. The van der Waals surface area contributed by atoms with Crippen LogP contribution in [0.2, 0.25) is 0 Å². The molecule has 0 atom stereocenters. The van der Waals surface area contributed by atoms with Gasteiger partial charge >= 0.3 is 0 Å². The van der Waals surface area contributed by atoms with Gasteiger partial charge in [0.1, 0.15) is 5.00 Å². The standard InChI is InChI=1S/C22H26N4O5S2/c1-14(27)25-12-9-17-18(13-25)32-22(19(17)21(29)23-2)24-20(28)15-5-7-16(8-6-15)33(30,31)26-10-3-4-11-26/h5-8H,3-4,9-13H2,1-2H3,(H,23,29)(H,24,28). The maximum absolute atomic E-state index is 12.9. The predicted molar refractivity (Wildman–Crippen MR) is 125 cm³/mol. The third-order valence-corrected chi connectivity index (χ3v) is 9.05. The Kier molecular flexibility index (Phi) is 6.55. The van der Waals surface area contributed by atoms with Gasteiger partial charge < -0.3 is 15.5 Å². The van der Waals surface area contributed by atoms with Gasteiger partial charge in [-0.3, -0.25) is 14.4 Å². The van der Waals surface area contributed by atoms with Crippen LogP contribution in [0.1, 0.15) is 50.9 Å². The number of nitrogens with zero attached hydrogens (tertiary/aromatic N) is 2. The van der Waals surface area contributed by atoms with E-state index >= 15 is 0 Å². The Labute approximate surface area is 196 Å². The second-order valence-corrected chi connectivity index (χ2v) is 11.1. The van der Waals surface area contributed by atoms with Crippen molar-refractivity contribution < 1.29 is 22.8 Å². The number of sulfonamides is 1. The average Bonchev–Trinajstić information content (AvgIpc) is 3.46. The van der Waals surface area contributed by atoms with Crippen molar-refractivity contribution >= 4 is 44.1 Å². The fraction of sp³-hybridized carbons (Fsp3) is 0.409. The zero-order valence-electron chi connectivity index (χ0n) is 18.5. The number of rotatable bonds is 5. The Morgan fingerprint density at radius 3 is 2.27 bits per heavy atom. The minimum absolute atomic E-state index is 0.0369. The number of hydrogen-bond acceptors (Lipinski definition) is 6. The molecule has 33 heavy (non-hydrogen) atoms. The smallest absolute Gasteiger partial charge is 0.256 e. The first kappa shape index (κ1) is 23.4. The van der Waals surface area contributed by atoms with Gasteiger partial charge in [-0.05, 0) is 49.1 Å². The van der Waals surface area contributed by atoms with Crippen LogP contribution < -0.4 is 10.6 Å². The van der Waals surface area contributed by atoms with Crippen LogP contribution in [0.3, 0.4) is 0 Å². The molecule has 0 radical (unpaired) electrons. The number of thiophene rings is 1. The summed E-state index contributed by atoms with van der Waals surface area (Å²) in [5.74, 6) is -0.775. The van der Waals surface area contributed by atoms with E-state index in [0.29, 0.717) is 43.2 Å². The van der Waals surface area contributed by atoms with Crippen molar-refractivity contribution in [3.63, 3.8) is 0 Å². The quantitative estimate of drug-likeness (QED) is 0.666. The van der Waals surface area contributed by atoms with E-state index in [1.807, 2.05) is 0 Å². The zero-order valence-corrected chi connectivity index (χ0v) is 20.1. The molecule has 1 aromatic heterocycles. The van der Waals surface area contributed by atoms with Gasteiger partial charge in [0, 0.05) is 44.0 Å². The van der Waals surface area contributed by atoms with Gasteiger partial charge in [-0.1, -0.05) is 0 Å². The Morgan fingerprint density at radius 1 is 1.00 bits per heavy atom. The van der Waals surface area contributed by atoms with Crippen molar-refractivity contribution in [1.82, 2.24) is 14.5 Å². The van der Waals surface area contributed by atoms with Gasteiger partial charge in [0.05, 0.1) is 17.0 Å². The molecule has 2 N–H and O–H groups in total. The molecule has 2 aromatic rings. The molecule has 3 heterocycles. The predicted octanol–water partition coefficient (Wildman–Crippen LogP) is 2.05. The highest BCUT2D eigenvalue weighted by atomic mass is 32.2. The van der Waals surface area contributed by atoms with Crippen molar-refractivity contribution in [2.24, 2.45) is 0 Å². The Morgan fingerprint density at radius 2 is 1.67 bits per heavy atom. The summed E-state index contributed by atoms with van der Waals surface area (Å²) in [7, 11) is -2.03. The molecule has 4 rings (SSSR count). The molecule has 9 nitrogen and oxygen atoms in total. The molecule has 1 saturated heterocycles. The van der Waals surface area contributed by atoms with Crippen molar-refractivity contribution in [2.75, 3.05) is 32.0 Å². The maximum atomic E-state index is 12.9. The number of hydrogen-bond donors (Lipinski definition) is 2. The summed E-state index contributed by atoms with van der Waals surface area (Å²) in [6.07, 6.45) is 2.23. The minimum atomic E-state index is -3.56. The van der Waals surface area contributed by atoms with Crippen LogP contribution in [0.4, 0.5) is 5.00 Å². The molecule has 0 unspecified atom stereocenters. The van der Waals surface area contributed by atoms with Crippen LogP contribution in [0.5, 0.6) is 0 Å². The van der Waals surface area contributed by atoms with Crippen LogP contribution in [0, 0.1) is 0 Å². The Balaban J connectivity index is 1.57. The normalized spacial score (nSPS) is 16.4. The molecule has 0 aliphatic carbocycles. The molecule has 0 spiro atoms. The fourth-order valence-corrected chi connectivity index (χ4v) is 6.93. The first-order chi connectivity index (χ1) is 15.7. The topological polar surface area (TPSA) is 116 Å². The summed E-state index contributed by atoms with van der Waals surface area (Å²) in [5.41, 5.74) is 1.55. The number of amides is 3. The molecule has 0 bridgehead atoms. The van der Waals surface area contributed by atoms with Gasteiger partial charge in [-0.25, -0.2) is 8.42 Å². The SMILES string of the molecule is CNC(=O)c1c(NC(=O)c2ccc(S(=O)(=O)N3CCCC3)cc2)sc2c1CCN(C(C)=O)C2. The van der Waals surface area contributed by atoms with Crippen LogP contribution in [-0.4, -0.2) is 62.0 Å². The highest BCUT2D eigenvalue weighted by Crippen LogP contribution is 2.37. The Hall–Kier alpha value is -2.76. The van der Waals surface area contributed by atoms with Gasteiger partial charge in [-0.2, -0.15) is 4.31 Å². The number of anilines is 1. The highest BCUT2D eigenvalue weighted by molar-refractivity contribution is 7.89. The van der Waals surface area contributed by atoms with E-state index in [9.17, 15) is 22.8 Å². The molecule has 1 aromatic carbocycles. The second-order valence-electron chi connectivity index (χ2n) is 8.07. The second kappa shape index (κ2) is 9.24. The average molecular weight is 491 g/mol. The van der Waals surface area contributed by atoms with Crippen LogP contribution >= 0.6 is 11.3 Å². The van der Waals surface area contributed by atoms with E-state index in [1.54, 1.807) is 4.90 Å². The first-order valence-corrected chi connectivity index (χ1v) is 13.0. The van der Waals surface area contributed by atoms with E-state index < -0.39 is 15.9 Å². The molecular weight excluding hydrogens is 464 g/mol. The molecule has 1 fully saturated rings. The van der Waals surface area contributed by atoms with Gasteiger partial charge in [0.2, 0.25) is 15.9 Å². The number of carbonyl (C=O) groups is 3. The molecule has 11 heteroatoms. The summed E-state index contributed by atoms with van der Waals surface area (Å²) in [5, 5.41) is 5.85. The van der Waals surface area contributed by atoms with E-state index in [4.69, 9.17) is 0 Å². The summed E-state index contributed by atoms with van der Waals surface area (Å²) in [4.78, 5) is 40.0. The monoisotopic (exact) mass is 490 g/mol. The van der Waals surface area contributed by atoms with E-state index in [0.717, 1.165) is 23.3 Å². The number of carbonyl (C=O) groups excluding carboxylic acids is 3. The molecule has 3 amide bonds. The summed E-state index contributed by atoms with van der Waals surface area (Å²) in [6, 6.07) is 5.82. The summed E-state index contributed by atoms with van der Waals surface area (Å²) >= 11 is 1.28. The molecule has 0 saturated carbocycles. The van der Waals surface area contributed by atoms with Gasteiger partial charge in [-0.15, -0.1) is 11.3 Å². The largest absolute Gasteiger partial charge is 0.355 e.